The molecule has 2 amide bonds. The summed E-state index contributed by atoms with van der Waals surface area (Å²) in [6, 6.07) is 12.4. The van der Waals surface area contributed by atoms with Crippen LogP contribution in [-0.2, 0) is 4.79 Å². The maximum atomic E-state index is 13.2. The Balaban J connectivity index is 0.00000289. The van der Waals surface area contributed by atoms with Gasteiger partial charge in [0.25, 0.3) is 5.91 Å². The number of hydrogen-bond acceptors (Lipinski definition) is 3. The average molecular weight is 517 g/mol. The molecule has 0 spiro atoms. The van der Waals surface area contributed by atoms with E-state index in [9.17, 15) is 9.59 Å². The zero-order valence-corrected chi connectivity index (χ0v) is 20.6. The van der Waals surface area contributed by atoms with E-state index in [0.29, 0.717) is 40.1 Å². The van der Waals surface area contributed by atoms with Crippen LogP contribution >= 0.6 is 47.2 Å². The average Bonchev–Trinajstić information content (AvgIpc) is 2.73. The van der Waals surface area contributed by atoms with Crippen LogP contribution in [-0.4, -0.2) is 60.9 Å². The van der Waals surface area contributed by atoms with Crippen molar-refractivity contribution in [3.8, 4) is 0 Å². The molecule has 0 saturated carbocycles. The third-order valence-corrected chi connectivity index (χ3v) is 7.29. The molecular formula is C23H25Cl4N3O2. The molecular weight excluding hydrogens is 492 g/mol. The molecule has 5 nitrogen and oxygen atoms in total. The van der Waals surface area contributed by atoms with E-state index in [1.807, 2.05) is 24.1 Å². The number of nitrogens with zero attached hydrogens (tertiary/aromatic N) is 2. The standard InChI is InChI=1S/C23H24Cl3N3O2.ClH/c1-28(22(30)14-2-5-17(24)6-3-14)21-8-9-29(23(31)16-11-27-12-16)13-18(21)15-4-7-19(25)20(26)10-15;/h2-7,10,16,18,21,27H,8-9,11-13H2,1H3;1H/t18-,21+;/m0./s1. The van der Waals surface area contributed by atoms with Gasteiger partial charge in [0.2, 0.25) is 5.91 Å². The van der Waals surface area contributed by atoms with Crippen molar-refractivity contribution in [2.24, 2.45) is 5.92 Å². The summed E-state index contributed by atoms with van der Waals surface area (Å²) < 4.78 is 0. The van der Waals surface area contributed by atoms with Gasteiger partial charge in [0, 0.05) is 55.8 Å². The minimum atomic E-state index is -0.0796. The molecule has 0 unspecified atom stereocenters. The number of rotatable bonds is 4. The smallest absolute Gasteiger partial charge is 0.253 e. The maximum absolute atomic E-state index is 13.2. The van der Waals surface area contributed by atoms with Crippen LogP contribution in [0.1, 0.15) is 28.3 Å². The fraction of sp³-hybridized carbons (Fsp3) is 0.391. The lowest BCUT2D eigenvalue weighted by molar-refractivity contribution is -0.139. The van der Waals surface area contributed by atoms with Gasteiger partial charge in [-0.15, -0.1) is 12.4 Å². The van der Waals surface area contributed by atoms with Crippen molar-refractivity contribution in [1.29, 1.82) is 0 Å². The number of carbonyl (C=O) groups excluding carboxylic acids is 2. The van der Waals surface area contributed by atoms with Crippen LogP contribution < -0.4 is 5.32 Å². The summed E-state index contributed by atoms with van der Waals surface area (Å²) in [4.78, 5) is 29.8. The first kappa shape index (κ1) is 25.1. The third kappa shape index (κ3) is 5.18. The number of likely N-dealkylation sites (tertiary alicyclic amines) is 1. The number of carbonyl (C=O) groups is 2. The predicted octanol–water partition coefficient (Wildman–Crippen LogP) is 4.74. The third-order valence-electron chi connectivity index (χ3n) is 6.30. The van der Waals surface area contributed by atoms with Gasteiger partial charge < -0.3 is 15.1 Å². The fourth-order valence-electron chi connectivity index (χ4n) is 4.34. The van der Waals surface area contributed by atoms with E-state index >= 15 is 0 Å². The predicted molar refractivity (Wildman–Crippen MR) is 131 cm³/mol. The second kappa shape index (κ2) is 10.6. The summed E-state index contributed by atoms with van der Waals surface area (Å²) >= 11 is 18.4. The van der Waals surface area contributed by atoms with Gasteiger partial charge in [-0.25, -0.2) is 0 Å². The van der Waals surface area contributed by atoms with Gasteiger partial charge in [0.1, 0.15) is 0 Å². The summed E-state index contributed by atoms with van der Waals surface area (Å²) in [5, 5.41) is 4.70. The summed E-state index contributed by atoms with van der Waals surface area (Å²) in [7, 11) is 1.82. The largest absolute Gasteiger partial charge is 0.342 e. The number of halogens is 4. The first-order chi connectivity index (χ1) is 14.8. The Morgan fingerprint density at radius 1 is 1.03 bits per heavy atom. The molecule has 2 aromatic rings. The second-order valence-electron chi connectivity index (χ2n) is 8.20. The van der Waals surface area contributed by atoms with Gasteiger partial charge in [-0.2, -0.15) is 0 Å². The number of piperidine rings is 1. The van der Waals surface area contributed by atoms with Crippen molar-refractivity contribution in [2.75, 3.05) is 33.2 Å². The molecule has 2 aliphatic rings. The molecule has 4 rings (SSSR count). The first-order valence-electron chi connectivity index (χ1n) is 10.3. The molecule has 1 N–H and O–H groups in total. The molecule has 2 aliphatic heterocycles. The molecule has 2 heterocycles. The van der Waals surface area contributed by atoms with Crippen LogP contribution in [0.4, 0.5) is 0 Å². The minimum Gasteiger partial charge on any atom is -0.342 e. The second-order valence-corrected chi connectivity index (χ2v) is 9.45. The van der Waals surface area contributed by atoms with Crippen molar-refractivity contribution >= 4 is 59.0 Å². The van der Waals surface area contributed by atoms with Crippen LogP contribution in [0.15, 0.2) is 42.5 Å². The van der Waals surface area contributed by atoms with Crippen molar-refractivity contribution in [3.05, 3.63) is 68.7 Å². The molecule has 2 fully saturated rings. The number of benzene rings is 2. The SMILES string of the molecule is CN(C(=O)c1ccc(Cl)cc1)[C@@H]1CCN(C(=O)C2CNC2)C[C@H]1c1ccc(Cl)c(Cl)c1.Cl. The number of likely N-dealkylation sites (N-methyl/N-ethyl adjacent to an activating group) is 1. The Labute approximate surface area is 209 Å². The molecule has 32 heavy (non-hydrogen) atoms. The van der Waals surface area contributed by atoms with Crippen LogP contribution in [0.5, 0.6) is 0 Å². The highest BCUT2D eigenvalue weighted by molar-refractivity contribution is 6.42. The zero-order valence-electron chi connectivity index (χ0n) is 17.6. The van der Waals surface area contributed by atoms with Gasteiger partial charge in [-0.05, 0) is 48.4 Å². The van der Waals surface area contributed by atoms with Gasteiger partial charge >= 0.3 is 0 Å². The van der Waals surface area contributed by atoms with E-state index in [-0.39, 0.29) is 42.1 Å². The van der Waals surface area contributed by atoms with Gasteiger partial charge in [0.05, 0.1) is 16.0 Å². The van der Waals surface area contributed by atoms with Crippen LogP contribution in [0.3, 0.4) is 0 Å². The van der Waals surface area contributed by atoms with Crippen LogP contribution in [0.25, 0.3) is 0 Å². The Kier molecular flexibility index (Phi) is 8.34. The van der Waals surface area contributed by atoms with E-state index in [1.165, 1.54) is 0 Å². The van der Waals surface area contributed by atoms with Gasteiger partial charge in [0.15, 0.2) is 0 Å². The zero-order chi connectivity index (χ0) is 22.1. The molecule has 2 aromatic carbocycles. The van der Waals surface area contributed by atoms with Crippen LogP contribution in [0.2, 0.25) is 15.1 Å². The monoisotopic (exact) mass is 515 g/mol. The number of hydrogen-bond donors (Lipinski definition) is 1. The quantitative estimate of drug-likeness (QED) is 0.638. The van der Waals surface area contributed by atoms with E-state index in [4.69, 9.17) is 34.8 Å². The summed E-state index contributed by atoms with van der Waals surface area (Å²) in [5.74, 6) is 0.0739. The molecule has 0 aliphatic carbocycles. The summed E-state index contributed by atoms with van der Waals surface area (Å²) in [5.41, 5.74) is 1.55. The topological polar surface area (TPSA) is 52.7 Å². The lowest BCUT2D eigenvalue weighted by atomic mass is 9.84. The van der Waals surface area contributed by atoms with Gasteiger partial charge in [-0.1, -0.05) is 40.9 Å². The molecule has 0 bridgehead atoms. The highest BCUT2D eigenvalue weighted by Gasteiger charge is 2.39. The molecule has 0 aromatic heterocycles. The lowest BCUT2D eigenvalue weighted by Gasteiger charge is -2.44. The fourth-order valence-corrected chi connectivity index (χ4v) is 4.77. The highest BCUT2D eigenvalue weighted by atomic mass is 35.5. The minimum absolute atomic E-state index is 0. The van der Waals surface area contributed by atoms with Crippen molar-refractivity contribution < 1.29 is 9.59 Å². The lowest BCUT2D eigenvalue weighted by Crippen LogP contribution is -2.57. The number of amides is 2. The number of nitrogens with one attached hydrogen (secondary N) is 1. The van der Waals surface area contributed by atoms with Crippen molar-refractivity contribution in [3.63, 3.8) is 0 Å². The van der Waals surface area contributed by atoms with E-state index in [1.54, 1.807) is 35.2 Å². The van der Waals surface area contributed by atoms with E-state index in [0.717, 1.165) is 18.7 Å². The molecule has 0 radical (unpaired) electrons. The first-order valence-corrected chi connectivity index (χ1v) is 11.5. The highest BCUT2D eigenvalue weighted by Crippen LogP contribution is 2.35. The Morgan fingerprint density at radius 3 is 2.31 bits per heavy atom. The Hall–Kier alpha value is -1.50. The van der Waals surface area contributed by atoms with Crippen molar-refractivity contribution in [2.45, 2.75) is 18.4 Å². The summed E-state index contributed by atoms with van der Waals surface area (Å²) in [6.07, 6.45) is 0.687. The van der Waals surface area contributed by atoms with E-state index < -0.39 is 0 Å². The Bertz CT molecular complexity index is 982. The maximum Gasteiger partial charge on any atom is 0.253 e. The van der Waals surface area contributed by atoms with Crippen molar-refractivity contribution in [1.82, 2.24) is 15.1 Å². The molecule has 172 valence electrons. The van der Waals surface area contributed by atoms with Gasteiger partial charge in [-0.3, -0.25) is 9.59 Å². The van der Waals surface area contributed by atoms with E-state index in [2.05, 4.69) is 5.32 Å². The van der Waals surface area contributed by atoms with Crippen LogP contribution in [0, 0.1) is 5.92 Å². The Morgan fingerprint density at radius 2 is 1.72 bits per heavy atom. The molecule has 2 atom stereocenters. The normalized spacial score (nSPS) is 20.8. The molecule has 2 saturated heterocycles. The summed E-state index contributed by atoms with van der Waals surface area (Å²) in [6.45, 7) is 2.61. The molecule has 9 heteroatoms.